The van der Waals surface area contributed by atoms with Crippen LogP contribution in [-0.2, 0) is 19.6 Å². The molecule has 3 aliphatic rings. The molecule has 0 aromatic rings. The number of amides is 2. The summed E-state index contributed by atoms with van der Waals surface area (Å²) in [5.41, 5.74) is 0. The summed E-state index contributed by atoms with van der Waals surface area (Å²) in [6, 6.07) is 0. The van der Waals surface area contributed by atoms with Gasteiger partial charge in [-0.3, -0.25) is 9.59 Å². The van der Waals surface area contributed by atoms with E-state index in [1.54, 1.807) is 9.21 Å². The van der Waals surface area contributed by atoms with E-state index >= 15 is 0 Å². The van der Waals surface area contributed by atoms with Crippen molar-refractivity contribution >= 4 is 21.8 Å². The topological polar surface area (TPSA) is 78.0 Å². The van der Waals surface area contributed by atoms with Crippen molar-refractivity contribution in [3.8, 4) is 0 Å². The minimum absolute atomic E-state index is 0.0568. The fraction of sp³-hybridized carbons (Fsp3) is 0.875. The van der Waals surface area contributed by atoms with Crippen molar-refractivity contribution in [2.75, 3.05) is 45.5 Å². The van der Waals surface area contributed by atoms with Gasteiger partial charge in [0.1, 0.15) is 0 Å². The molecule has 136 valence electrons. The molecule has 0 N–H and O–H groups in total. The normalized spacial score (nSPS) is 27.2. The van der Waals surface area contributed by atoms with Gasteiger partial charge in [-0.2, -0.15) is 0 Å². The maximum Gasteiger partial charge on any atom is 0.242 e. The minimum atomic E-state index is -3.08. The van der Waals surface area contributed by atoms with Gasteiger partial charge in [0, 0.05) is 39.1 Å². The predicted octanol–water partition coefficient (Wildman–Crippen LogP) is 0.129. The van der Waals surface area contributed by atoms with Gasteiger partial charge in [0.25, 0.3) is 0 Å². The Morgan fingerprint density at radius 2 is 1.75 bits per heavy atom. The highest BCUT2D eigenvalue weighted by atomic mass is 32.2. The van der Waals surface area contributed by atoms with E-state index in [1.807, 2.05) is 4.90 Å². The first-order valence-electron chi connectivity index (χ1n) is 8.85. The first-order valence-corrected chi connectivity index (χ1v) is 10.7. The highest BCUT2D eigenvalue weighted by Gasteiger charge is 2.36. The molecule has 0 spiro atoms. The molecule has 3 rings (SSSR count). The molecule has 0 aromatic heterocycles. The molecule has 24 heavy (non-hydrogen) atoms. The first-order chi connectivity index (χ1) is 11.3. The van der Waals surface area contributed by atoms with Gasteiger partial charge in [-0.25, -0.2) is 12.7 Å². The predicted molar refractivity (Wildman–Crippen MR) is 89.6 cm³/mol. The van der Waals surface area contributed by atoms with Gasteiger partial charge in [0.2, 0.25) is 21.8 Å². The van der Waals surface area contributed by atoms with Crippen molar-refractivity contribution in [2.24, 2.45) is 11.8 Å². The van der Waals surface area contributed by atoms with Crippen LogP contribution in [0.5, 0.6) is 0 Å². The number of hydrogen-bond acceptors (Lipinski definition) is 4. The second-order valence-corrected chi connectivity index (χ2v) is 9.29. The molecule has 2 amide bonds. The van der Waals surface area contributed by atoms with Crippen LogP contribution in [0.3, 0.4) is 0 Å². The number of carbonyl (C=O) groups excluding carboxylic acids is 2. The molecule has 3 aliphatic heterocycles. The lowest BCUT2D eigenvalue weighted by molar-refractivity contribution is -0.137. The summed E-state index contributed by atoms with van der Waals surface area (Å²) in [6.45, 7) is 3.62. The Kier molecular flexibility index (Phi) is 5.15. The van der Waals surface area contributed by atoms with Crippen LogP contribution in [0.2, 0.25) is 0 Å². The third kappa shape index (κ3) is 3.91. The van der Waals surface area contributed by atoms with Crippen molar-refractivity contribution in [1.82, 2.24) is 14.1 Å². The van der Waals surface area contributed by atoms with Gasteiger partial charge in [-0.1, -0.05) is 0 Å². The van der Waals surface area contributed by atoms with Crippen molar-refractivity contribution in [3.05, 3.63) is 0 Å². The molecule has 3 heterocycles. The molecule has 3 fully saturated rings. The molecule has 3 saturated heterocycles. The number of likely N-dealkylation sites (tertiary alicyclic amines) is 2. The number of piperidine rings is 1. The Labute approximate surface area is 144 Å². The smallest absolute Gasteiger partial charge is 0.242 e. The van der Waals surface area contributed by atoms with Crippen molar-refractivity contribution in [1.29, 1.82) is 0 Å². The molecule has 0 aromatic carbocycles. The molecule has 0 bridgehead atoms. The molecule has 0 radical (unpaired) electrons. The van der Waals surface area contributed by atoms with Crippen molar-refractivity contribution in [2.45, 2.75) is 32.1 Å². The molecular weight excluding hydrogens is 330 g/mol. The van der Waals surface area contributed by atoms with Crippen LogP contribution in [0.15, 0.2) is 0 Å². The van der Waals surface area contributed by atoms with Crippen LogP contribution >= 0.6 is 0 Å². The van der Waals surface area contributed by atoms with Crippen LogP contribution in [0, 0.1) is 11.8 Å². The van der Waals surface area contributed by atoms with E-state index in [1.165, 1.54) is 6.26 Å². The zero-order valence-electron chi connectivity index (χ0n) is 14.3. The molecule has 0 aliphatic carbocycles. The Hall–Kier alpha value is -1.15. The largest absolute Gasteiger partial charge is 0.341 e. The Morgan fingerprint density at radius 3 is 2.33 bits per heavy atom. The van der Waals surface area contributed by atoms with Gasteiger partial charge in [0.15, 0.2) is 0 Å². The van der Waals surface area contributed by atoms with Crippen LogP contribution in [0.1, 0.15) is 32.1 Å². The van der Waals surface area contributed by atoms with E-state index in [0.29, 0.717) is 37.9 Å². The molecule has 0 saturated carbocycles. The number of hydrogen-bond donors (Lipinski definition) is 0. The number of nitrogens with zero attached hydrogens (tertiary/aromatic N) is 3. The van der Waals surface area contributed by atoms with E-state index in [9.17, 15) is 18.0 Å². The van der Waals surface area contributed by atoms with E-state index in [2.05, 4.69) is 0 Å². The van der Waals surface area contributed by atoms with E-state index in [-0.39, 0.29) is 18.4 Å². The quantitative estimate of drug-likeness (QED) is 0.716. The van der Waals surface area contributed by atoms with Crippen LogP contribution in [0.25, 0.3) is 0 Å². The lowest BCUT2D eigenvalue weighted by Gasteiger charge is -2.33. The highest BCUT2D eigenvalue weighted by molar-refractivity contribution is 7.88. The van der Waals surface area contributed by atoms with Gasteiger partial charge in [-0.15, -0.1) is 0 Å². The fourth-order valence-electron chi connectivity index (χ4n) is 4.21. The van der Waals surface area contributed by atoms with Gasteiger partial charge in [-0.05, 0) is 37.5 Å². The van der Waals surface area contributed by atoms with E-state index < -0.39 is 10.0 Å². The van der Waals surface area contributed by atoms with E-state index in [4.69, 9.17) is 0 Å². The molecule has 8 heteroatoms. The summed E-state index contributed by atoms with van der Waals surface area (Å²) < 4.78 is 24.7. The summed E-state index contributed by atoms with van der Waals surface area (Å²) in [7, 11) is -3.08. The van der Waals surface area contributed by atoms with Crippen LogP contribution in [0.4, 0.5) is 0 Å². The Bertz CT molecular complexity index is 598. The summed E-state index contributed by atoms with van der Waals surface area (Å²) in [4.78, 5) is 27.6. The number of sulfonamides is 1. The minimum Gasteiger partial charge on any atom is -0.341 e. The van der Waals surface area contributed by atoms with E-state index in [0.717, 1.165) is 38.8 Å². The lowest BCUT2D eigenvalue weighted by atomic mass is 9.84. The molecular formula is C16H27N3O4S. The van der Waals surface area contributed by atoms with Gasteiger partial charge in [0.05, 0.1) is 12.8 Å². The zero-order valence-corrected chi connectivity index (χ0v) is 15.1. The van der Waals surface area contributed by atoms with Gasteiger partial charge < -0.3 is 9.80 Å². The van der Waals surface area contributed by atoms with Crippen LogP contribution in [-0.4, -0.2) is 79.9 Å². The SMILES string of the molecule is CS(=O)(=O)N1CCC(C2CCN(C(=O)CN3CCCC3=O)C2)CC1. The highest BCUT2D eigenvalue weighted by Crippen LogP contribution is 2.32. The molecule has 1 atom stereocenters. The Morgan fingerprint density at radius 1 is 1.08 bits per heavy atom. The number of carbonyl (C=O) groups is 2. The first kappa shape index (κ1) is 17.7. The average molecular weight is 357 g/mol. The second kappa shape index (κ2) is 7.00. The zero-order chi connectivity index (χ0) is 17.3. The van der Waals surface area contributed by atoms with Crippen molar-refractivity contribution in [3.63, 3.8) is 0 Å². The Balaban J connectivity index is 1.47. The second-order valence-electron chi connectivity index (χ2n) is 7.31. The number of rotatable bonds is 4. The standard InChI is InChI=1S/C16H27N3O4S/c1-24(22,23)19-9-5-13(6-10-19)14-4-8-18(11-14)16(21)12-17-7-2-3-15(17)20/h13-14H,2-12H2,1H3. The summed E-state index contributed by atoms with van der Waals surface area (Å²) in [5.74, 6) is 1.10. The maximum absolute atomic E-state index is 12.4. The molecule has 7 nitrogen and oxygen atoms in total. The maximum atomic E-state index is 12.4. The third-order valence-electron chi connectivity index (χ3n) is 5.71. The lowest BCUT2D eigenvalue weighted by Crippen LogP contribution is -2.41. The monoisotopic (exact) mass is 357 g/mol. The van der Waals surface area contributed by atoms with Crippen molar-refractivity contribution < 1.29 is 18.0 Å². The summed E-state index contributed by atoms with van der Waals surface area (Å²) in [5, 5.41) is 0. The average Bonchev–Trinajstić information content (AvgIpc) is 3.16. The van der Waals surface area contributed by atoms with Gasteiger partial charge >= 0.3 is 0 Å². The summed E-state index contributed by atoms with van der Waals surface area (Å²) >= 11 is 0. The summed E-state index contributed by atoms with van der Waals surface area (Å²) in [6.07, 6.45) is 5.43. The van der Waals surface area contributed by atoms with Crippen LogP contribution < -0.4 is 0 Å². The fourth-order valence-corrected chi connectivity index (χ4v) is 5.09. The third-order valence-corrected chi connectivity index (χ3v) is 7.01. The molecule has 1 unspecified atom stereocenters.